The first-order valence-corrected chi connectivity index (χ1v) is 7.74. The summed E-state index contributed by atoms with van der Waals surface area (Å²) in [4.78, 5) is 16.9. The van der Waals surface area contributed by atoms with Crippen LogP contribution >= 0.6 is 0 Å². The molecule has 0 heterocycles. The summed E-state index contributed by atoms with van der Waals surface area (Å²) in [6.07, 6.45) is 1.72. The zero-order valence-electron chi connectivity index (χ0n) is 13.6. The molecule has 3 aromatic carbocycles. The van der Waals surface area contributed by atoms with Crippen molar-refractivity contribution in [1.82, 2.24) is 0 Å². The predicted octanol–water partition coefficient (Wildman–Crippen LogP) is 4.82. The summed E-state index contributed by atoms with van der Waals surface area (Å²) in [6.45, 7) is 0. The topological polar surface area (TPSA) is 38.7 Å². The van der Waals surface area contributed by atoms with Gasteiger partial charge < -0.3 is 4.74 Å². The van der Waals surface area contributed by atoms with Gasteiger partial charge in [-0.3, -0.25) is 9.79 Å². The number of benzene rings is 3. The number of hydrogen-bond acceptors (Lipinski definition) is 3. The first-order valence-electron chi connectivity index (χ1n) is 7.74. The van der Waals surface area contributed by atoms with Gasteiger partial charge in [-0.25, -0.2) is 4.39 Å². The predicted molar refractivity (Wildman–Crippen MR) is 96.5 cm³/mol. The lowest BCUT2D eigenvalue weighted by Gasteiger charge is -2.03. The Labute approximate surface area is 145 Å². The fraction of sp³-hybridized carbons (Fsp3) is 0.0476. The molecule has 0 aliphatic heterocycles. The zero-order chi connectivity index (χ0) is 17.6. The van der Waals surface area contributed by atoms with E-state index in [0.717, 1.165) is 11.3 Å². The molecule has 0 aromatic heterocycles. The first kappa shape index (κ1) is 16.6. The lowest BCUT2D eigenvalue weighted by atomic mass is 10.0. The van der Waals surface area contributed by atoms with Crippen molar-refractivity contribution in [2.45, 2.75) is 0 Å². The quantitative estimate of drug-likeness (QED) is 0.496. The van der Waals surface area contributed by atoms with Crippen molar-refractivity contribution in [2.24, 2.45) is 4.99 Å². The molecule has 0 spiro atoms. The minimum atomic E-state index is -0.366. The summed E-state index contributed by atoms with van der Waals surface area (Å²) in [6, 6.07) is 20.0. The molecule has 4 heteroatoms. The second-order valence-corrected chi connectivity index (χ2v) is 5.42. The van der Waals surface area contributed by atoms with Crippen molar-refractivity contribution in [2.75, 3.05) is 7.11 Å². The average molecular weight is 333 g/mol. The Morgan fingerprint density at radius 3 is 2.36 bits per heavy atom. The van der Waals surface area contributed by atoms with Crippen LogP contribution in [0.1, 0.15) is 21.5 Å². The lowest BCUT2D eigenvalue weighted by Crippen LogP contribution is -2.00. The van der Waals surface area contributed by atoms with Crippen molar-refractivity contribution >= 4 is 17.7 Å². The van der Waals surface area contributed by atoms with Gasteiger partial charge in [-0.1, -0.05) is 12.1 Å². The van der Waals surface area contributed by atoms with Gasteiger partial charge in [-0.2, -0.15) is 0 Å². The molecule has 3 nitrogen and oxygen atoms in total. The molecule has 124 valence electrons. The van der Waals surface area contributed by atoms with Gasteiger partial charge >= 0.3 is 0 Å². The van der Waals surface area contributed by atoms with Crippen LogP contribution in [0.3, 0.4) is 0 Å². The number of aliphatic imine (C=N–C) groups is 1. The molecule has 0 N–H and O–H groups in total. The number of ketones is 1. The molecule has 0 unspecified atom stereocenters. The van der Waals surface area contributed by atoms with Gasteiger partial charge in [-0.05, 0) is 66.2 Å². The Morgan fingerprint density at radius 2 is 1.68 bits per heavy atom. The lowest BCUT2D eigenvalue weighted by molar-refractivity contribution is 0.103. The number of nitrogens with zero attached hydrogens (tertiary/aromatic N) is 1. The highest BCUT2D eigenvalue weighted by molar-refractivity contribution is 6.09. The second kappa shape index (κ2) is 7.53. The van der Waals surface area contributed by atoms with Crippen molar-refractivity contribution < 1.29 is 13.9 Å². The highest BCUT2D eigenvalue weighted by Crippen LogP contribution is 2.18. The van der Waals surface area contributed by atoms with E-state index < -0.39 is 0 Å². The third-order valence-electron chi connectivity index (χ3n) is 3.69. The van der Waals surface area contributed by atoms with Gasteiger partial charge in [0.2, 0.25) is 0 Å². The van der Waals surface area contributed by atoms with E-state index in [0.29, 0.717) is 16.8 Å². The second-order valence-electron chi connectivity index (χ2n) is 5.42. The van der Waals surface area contributed by atoms with Gasteiger partial charge in [0.05, 0.1) is 12.8 Å². The number of methoxy groups -OCH3 is 1. The standard InChI is InChI=1S/C21H16FNO2/c1-25-20-11-5-15(6-12-20)14-23-19-4-2-3-17(13-19)21(24)16-7-9-18(22)10-8-16/h2-14H,1H3. The van der Waals surface area contributed by atoms with Crippen LogP contribution in [0.4, 0.5) is 10.1 Å². The van der Waals surface area contributed by atoms with Crippen LogP contribution in [-0.2, 0) is 0 Å². The number of ether oxygens (including phenoxy) is 1. The highest BCUT2D eigenvalue weighted by atomic mass is 19.1. The maximum atomic E-state index is 13.0. The number of carbonyl (C=O) groups excluding carboxylic acids is 1. The van der Waals surface area contributed by atoms with E-state index in [1.165, 1.54) is 24.3 Å². The molecule has 25 heavy (non-hydrogen) atoms. The van der Waals surface area contributed by atoms with Gasteiger partial charge in [0.15, 0.2) is 5.78 Å². The SMILES string of the molecule is COc1ccc(C=Nc2cccc(C(=O)c3ccc(F)cc3)c2)cc1. The largest absolute Gasteiger partial charge is 0.497 e. The number of rotatable bonds is 5. The molecule has 0 aliphatic rings. The smallest absolute Gasteiger partial charge is 0.193 e. The number of hydrogen-bond donors (Lipinski definition) is 0. The van der Waals surface area contributed by atoms with Crippen molar-refractivity contribution in [3.63, 3.8) is 0 Å². The van der Waals surface area contributed by atoms with Gasteiger partial charge in [0, 0.05) is 17.3 Å². The van der Waals surface area contributed by atoms with Crippen molar-refractivity contribution in [1.29, 1.82) is 0 Å². The fourth-order valence-electron chi connectivity index (χ4n) is 2.33. The molecule has 0 fully saturated rings. The van der Waals surface area contributed by atoms with Crippen molar-refractivity contribution in [3.05, 3.63) is 95.3 Å². The van der Waals surface area contributed by atoms with Crippen molar-refractivity contribution in [3.8, 4) is 5.75 Å². The summed E-state index contributed by atoms with van der Waals surface area (Å²) in [5.41, 5.74) is 2.55. The first-order chi connectivity index (χ1) is 12.2. The van der Waals surface area contributed by atoms with Crippen LogP contribution in [0.25, 0.3) is 0 Å². The van der Waals surface area contributed by atoms with Gasteiger partial charge in [0.25, 0.3) is 0 Å². The maximum Gasteiger partial charge on any atom is 0.193 e. The third-order valence-corrected chi connectivity index (χ3v) is 3.69. The van der Waals surface area contributed by atoms with E-state index in [1.807, 2.05) is 30.3 Å². The van der Waals surface area contributed by atoms with Crippen LogP contribution in [0.15, 0.2) is 77.8 Å². The summed E-state index contributed by atoms with van der Waals surface area (Å²) < 4.78 is 18.1. The molecule has 3 rings (SSSR count). The van der Waals surface area contributed by atoms with Crippen LogP contribution in [0.2, 0.25) is 0 Å². The Balaban J connectivity index is 1.79. The Bertz CT molecular complexity index is 900. The molecule has 0 saturated carbocycles. The summed E-state index contributed by atoms with van der Waals surface area (Å²) in [5, 5.41) is 0. The number of halogens is 1. The normalized spacial score (nSPS) is 10.8. The Morgan fingerprint density at radius 1 is 0.960 bits per heavy atom. The summed E-state index contributed by atoms with van der Waals surface area (Å²) in [7, 11) is 1.62. The number of carbonyl (C=O) groups is 1. The van der Waals surface area contributed by atoms with Gasteiger partial charge in [0.1, 0.15) is 11.6 Å². The molecule has 0 aliphatic carbocycles. The Hall–Kier alpha value is -3.27. The van der Waals surface area contributed by atoms with E-state index in [2.05, 4.69) is 4.99 Å². The molecule has 0 bridgehead atoms. The van der Waals surface area contributed by atoms with E-state index in [9.17, 15) is 9.18 Å². The van der Waals surface area contributed by atoms with E-state index in [-0.39, 0.29) is 11.6 Å². The summed E-state index contributed by atoms with van der Waals surface area (Å²) in [5.74, 6) is 0.250. The molecular formula is C21H16FNO2. The average Bonchev–Trinajstić information content (AvgIpc) is 2.67. The minimum Gasteiger partial charge on any atom is -0.497 e. The molecule has 0 amide bonds. The molecule has 0 radical (unpaired) electrons. The molecule has 3 aromatic rings. The van der Waals surface area contributed by atoms with E-state index >= 15 is 0 Å². The molecule has 0 saturated heterocycles. The summed E-state index contributed by atoms with van der Waals surface area (Å²) >= 11 is 0. The van der Waals surface area contributed by atoms with Crippen LogP contribution in [-0.4, -0.2) is 19.1 Å². The van der Waals surface area contributed by atoms with E-state index in [4.69, 9.17) is 4.74 Å². The molecular weight excluding hydrogens is 317 g/mol. The van der Waals surface area contributed by atoms with Crippen LogP contribution in [0, 0.1) is 5.82 Å². The van der Waals surface area contributed by atoms with Crippen LogP contribution < -0.4 is 4.74 Å². The van der Waals surface area contributed by atoms with Gasteiger partial charge in [-0.15, -0.1) is 0 Å². The fourth-order valence-corrected chi connectivity index (χ4v) is 2.33. The maximum absolute atomic E-state index is 13.0. The minimum absolute atomic E-state index is 0.165. The Kier molecular flexibility index (Phi) is 5.00. The van der Waals surface area contributed by atoms with Crippen LogP contribution in [0.5, 0.6) is 5.75 Å². The zero-order valence-corrected chi connectivity index (χ0v) is 13.6. The molecule has 0 atom stereocenters. The monoisotopic (exact) mass is 333 g/mol. The third kappa shape index (κ3) is 4.18. The highest BCUT2D eigenvalue weighted by Gasteiger charge is 2.09. The van der Waals surface area contributed by atoms with E-state index in [1.54, 1.807) is 31.5 Å².